The molecular weight excluding hydrogens is 164 g/mol. The van der Waals surface area contributed by atoms with Gasteiger partial charge in [0, 0.05) is 13.7 Å². The molecule has 1 aliphatic heterocycles. The molecule has 1 fully saturated rings. The lowest BCUT2D eigenvalue weighted by molar-refractivity contribution is 0.199. The van der Waals surface area contributed by atoms with Crippen LogP contribution in [0.4, 0.5) is 0 Å². The lowest BCUT2D eigenvalue weighted by atomic mass is 10.0. The number of hydrogen-bond donors (Lipinski definition) is 2. The van der Waals surface area contributed by atoms with Crippen molar-refractivity contribution >= 4 is 0 Å². The zero-order valence-electron chi connectivity index (χ0n) is 8.64. The Hall–Kier alpha value is -0.120. The molecule has 1 saturated heterocycles. The van der Waals surface area contributed by atoms with Crippen LogP contribution in [-0.2, 0) is 4.74 Å². The molecule has 0 saturated carbocycles. The summed E-state index contributed by atoms with van der Waals surface area (Å²) in [4.78, 5) is 0. The lowest BCUT2D eigenvalue weighted by Crippen LogP contribution is -2.21. The van der Waals surface area contributed by atoms with E-state index in [0.29, 0.717) is 0 Å². The predicted molar refractivity (Wildman–Crippen MR) is 55.0 cm³/mol. The summed E-state index contributed by atoms with van der Waals surface area (Å²) in [5.74, 6) is 0.934. The van der Waals surface area contributed by atoms with Crippen molar-refractivity contribution < 1.29 is 4.74 Å². The fraction of sp³-hybridized carbons (Fsp3) is 1.00. The Labute approximate surface area is 81.2 Å². The fourth-order valence-corrected chi connectivity index (χ4v) is 1.78. The highest BCUT2D eigenvalue weighted by Gasteiger charge is 2.12. The number of ether oxygens (including phenoxy) is 1. The molecule has 1 unspecified atom stereocenters. The number of methoxy groups -OCH3 is 1. The molecule has 0 aromatic carbocycles. The van der Waals surface area contributed by atoms with Gasteiger partial charge in [-0.1, -0.05) is 0 Å². The average molecular weight is 186 g/mol. The maximum Gasteiger partial charge on any atom is 0.0587 e. The first kappa shape index (κ1) is 11.0. The molecule has 3 heteroatoms. The highest BCUT2D eigenvalue weighted by molar-refractivity contribution is 4.70. The van der Waals surface area contributed by atoms with Crippen LogP contribution in [0.2, 0.25) is 0 Å². The number of nitrogens with one attached hydrogen (secondary N) is 2. The van der Waals surface area contributed by atoms with Crippen molar-refractivity contribution in [3.8, 4) is 0 Å². The molecule has 0 spiro atoms. The minimum Gasteiger partial charge on any atom is -0.383 e. The number of hydrogen-bond acceptors (Lipinski definition) is 3. The van der Waals surface area contributed by atoms with Crippen molar-refractivity contribution in [2.24, 2.45) is 5.92 Å². The Morgan fingerprint density at radius 2 is 2.38 bits per heavy atom. The third-order valence-corrected chi connectivity index (χ3v) is 2.61. The van der Waals surface area contributed by atoms with Crippen LogP contribution in [0.1, 0.15) is 19.3 Å². The summed E-state index contributed by atoms with van der Waals surface area (Å²) in [5.41, 5.74) is 0. The van der Waals surface area contributed by atoms with Crippen molar-refractivity contribution in [1.82, 2.24) is 10.6 Å². The van der Waals surface area contributed by atoms with E-state index in [4.69, 9.17) is 4.74 Å². The highest BCUT2D eigenvalue weighted by Crippen LogP contribution is 2.13. The fourth-order valence-electron chi connectivity index (χ4n) is 1.78. The molecule has 1 rings (SSSR count). The quantitative estimate of drug-likeness (QED) is 0.572. The monoisotopic (exact) mass is 186 g/mol. The standard InChI is InChI=1S/C10H22N2O/c1-13-8-7-11-5-2-3-10-4-6-12-9-10/h10-12H,2-9H2,1H3. The van der Waals surface area contributed by atoms with Gasteiger partial charge < -0.3 is 15.4 Å². The van der Waals surface area contributed by atoms with Crippen LogP contribution < -0.4 is 10.6 Å². The predicted octanol–water partition coefficient (Wildman–Crippen LogP) is 0.612. The molecule has 3 nitrogen and oxygen atoms in total. The van der Waals surface area contributed by atoms with E-state index in [2.05, 4.69) is 10.6 Å². The second kappa shape index (κ2) is 7.30. The smallest absolute Gasteiger partial charge is 0.0587 e. The maximum atomic E-state index is 4.95. The molecule has 2 N–H and O–H groups in total. The Morgan fingerprint density at radius 1 is 1.46 bits per heavy atom. The molecule has 0 bridgehead atoms. The van der Waals surface area contributed by atoms with Gasteiger partial charge in [0.1, 0.15) is 0 Å². The molecule has 1 heterocycles. The van der Waals surface area contributed by atoms with Crippen LogP contribution in [0, 0.1) is 5.92 Å². The molecule has 0 aliphatic carbocycles. The van der Waals surface area contributed by atoms with Gasteiger partial charge >= 0.3 is 0 Å². The van der Waals surface area contributed by atoms with Crippen LogP contribution in [0.3, 0.4) is 0 Å². The summed E-state index contributed by atoms with van der Waals surface area (Å²) >= 11 is 0. The van der Waals surface area contributed by atoms with Gasteiger partial charge in [0.15, 0.2) is 0 Å². The minimum absolute atomic E-state index is 0.824. The molecule has 78 valence electrons. The third-order valence-electron chi connectivity index (χ3n) is 2.61. The van der Waals surface area contributed by atoms with E-state index < -0.39 is 0 Å². The van der Waals surface area contributed by atoms with E-state index >= 15 is 0 Å². The zero-order chi connectivity index (χ0) is 9.36. The Balaban J connectivity index is 1.78. The van der Waals surface area contributed by atoms with E-state index in [1.54, 1.807) is 7.11 Å². The summed E-state index contributed by atoms with van der Waals surface area (Å²) in [6, 6.07) is 0. The van der Waals surface area contributed by atoms with E-state index in [0.717, 1.165) is 25.6 Å². The summed E-state index contributed by atoms with van der Waals surface area (Å²) in [6.45, 7) is 5.41. The topological polar surface area (TPSA) is 33.3 Å². The number of rotatable bonds is 7. The van der Waals surface area contributed by atoms with Gasteiger partial charge in [-0.2, -0.15) is 0 Å². The van der Waals surface area contributed by atoms with Crippen LogP contribution >= 0.6 is 0 Å². The highest BCUT2D eigenvalue weighted by atomic mass is 16.5. The second-order valence-electron chi connectivity index (χ2n) is 3.74. The van der Waals surface area contributed by atoms with Crippen molar-refractivity contribution in [1.29, 1.82) is 0 Å². The zero-order valence-corrected chi connectivity index (χ0v) is 8.64. The first-order valence-electron chi connectivity index (χ1n) is 5.34. The Morgan fingerprint density at radius 3 is 3.08 bits per heavy atom. The van der Waals surface area contributed by atoms with Crippen molar-refractivity contribution in [3.05, 3.63) is 0 Å². The van der Waals surface area contributed by atoms with Gasteiger partial charge in [-0.3, -0.25) is 0 Å². The third kappa shape index (κ3) is 5.24. The average Bonchev–Trinajstić information content (AvgIpc) is 2.63. The molecule has 0 aromatic heterocycles. The van der Waals surface area contributed by atoms with E-state index in [9.17, 15) is 0 Å². The van der Waals surface area contributed by atoms with Crippen LogP contribution in [0.25, 0.3) is 0 Å². The van der Waals surface area contributed by atoms with Crippen LogP contribution in [-0.4, -0.2) is 39.9 Å². The molecular formula is C10H22N2O. The first-order valence-corrected chi connectivity index (χ1v) is 5.34. The molecule has 0 amide bonds. The summed E-state index contributed by atoms with van der Waals surface area (Å²) in [5, 5.41) is 6.76. The first-order chi connectivity index (χ1) is 6.43. The van der Waals surface area contributed by atoms with Crippen molar-refractivity contribution in [3.63, 3.8) is 0 Å². The summed E-state index contributed by atoms with van der Waals surface area (Å²) in [6.07, 6.45) is 4.04. The van der Waals surface area contributed by atoms with Crippen molar-refractivity contribution in [2.45, 2.75) is 19.3 Å². The van der Waals surface area contributed by atoms with Crippen molar-refractivity contribution in [2.75, 3.05) is 39.9 Å². The molecule has 0 aromatic rings. The van der Waals surface area contributed by atoms with Gasteiger partial charge in [0.05, 0.1) is 6.61 Å². The van der Waals surface area contributed by atoms with E-state index in [1.165, 1.54) is 32.4 Å². The van der Waals surface area contributed by atoms with E-state index in [1.807, 2.05) is 0 Å². The summed E-state index contributed by atoms with van der Waals surface area (Å²) in [7, 11) is 1.74. The molecule has 1 atom stereocenters. The van der Waals surface area contributed by atoms with Gasteiger partial charge in [-0.15, -0.1) is 0 Å². The molecule has 13 heavy (non-hydrogen) atoms. The Kier molecular flexibility index (Phi) is 6.15. The largest absolute Gasteiger partial charge is 0.383 e. The van der Waals surface area contributed by atoms with Gasteiger partial charge in [-0.25, -0.2) is 0 Å². The Bertz CT molecular complexity index is 113. The van der Waals surface area contributed by atoms with Gasteiger partial charge in [0.2, 0.25) is 0 Å². The van der Waals surface area contributed by atoms with Crippen LogP contribution in [0.15, 0.2) is 0 Å². The molecule has 1 aliphatic rings. The van der Waals surface area contributed by atoms with E-state index in [-0.39, 0.29) is 0 Å². The van der Waals surface area contributed by atoms with Gasteiger partial charge in [0.25, 0.3) is 0 Å². The van der Waals surface area contributed by atoms with Gasteiger partial charge in [-0.05, 0) is 44.8 Å². The SMILES string of the molecule is COCCNCCCC1CCNC1. The molecule has 0 radical (unpaired) electrons. The maximum absolute atomic E-state index is 4.95. The minimum atomic E-state index is 0.824. The lowest BCUT2D eigenvalue weighted by Gasteiger charge is -2.08. The van der Waals surface area contributed by atoms with Crippen LogP contribution in [0.5, 0.6) is 0 Å². The normalized spacial score (nSPS) is 22.4. The summed E-state index contributed by atoms with van der Waals surface area (Å²) < 4.78 is 4.95. The second-order valence-corrected chi connectivity index (χ2v) is 3.74.